The number of hydrogen-bond donors (Lipinski definition) is 1. The Morgan fingerprint density at radius 2 is 2.38 bits per heavy atom. The predicted octanol–water partition coefficient (Wildman–Crippen LogP) is 0.811. The SMILES string of the molecule is CCC(=O)NCc1ccnc(C)n1. The summed E-state index contributed by atoms with van der Waals surface area (Å²) in [6.07, 6.45) is 2.19. The molecule has 0 aliphatic carbocycles. The molecule has 4 heteroatoms. The van der Waals surface area contributed by atoms with E-state index >= 15 is 0 Å². The number of nitrogens with one attached hydrogen (secondary N) is 1. The van der Waals surface area contributed by atoms with E-state index < -0.39 is 0 Å². The molecule has 0 aliphatic rings. The highest BCUT2D eigenvalue weighted by molar-refractivity contribution is 5.75. The lowest BCUT2D eigenvalue weighted by Crippen LogP contribution is -2.22. The zero-order valence-electron chi connectivity index (χ0n) is 7.87. The Labute approximate surface area is 77.4 Å². The van der Waals surface area contributed by atoms with Crippen LogP contribution >= 0.6 is 0 Å². The van der Waals surface area contributed by atoms with Gasteiger partial charge in [-0.05, 0) is 13.0 Å². The number of aryl methyl sites for hydroxylation is 1. The lowest BCUT2D eigenvalue weighted by Gasteiger charge is -2.02. The van der Waals surface area contributed by atoms with Crippen LogP contribution in [0.1, 0.15) is 24.9 Å². The van der Waals surface area contributed by atoms with Gasteiger partial charge in [0.05, 0.1) is 12.2 Å². The highest BCUT2D eigenvalue weighted by atomic mass is 16.1. The Balaban J connectivity index is 2.50. The first-order valence-electron chi connectivity index (χ1n) is 4.27. The van der Waals surface area contributed by atoms with Crippen molar-refractivity contribution in [2.45, 2.75) is 26.8 Å². The topological polar surface area (TPSA) is 54.9 Å². The van der Waals surface area contributed by atoms with Gasteiger partial charge in [-0.1, -0.05) is 6.92 Å². The molecule has 1 amide bonds. The van der Waals surface area contributed by atoms with Crippen molar-refractivity contribution in [1.82, 2.24) is 15.3 Å². The Kier molecular flexibility index (Phi) is 3.37. The van der Waals surface area contributed by atoms with Gasteiger partial charge < -0.3 is 5.32 Å². The second-order valence-corrected chi connectivity index (χ2v) is 2.73. The van der Waals surface area contributed by atoms with E-state index in [0.29, 0.717) is 13.0 Å². The first-order valence-corrected chi connectivity index (χ1v) is 4.27. The van der Waals surface area contributed by atoms with Crippen molar-refractivity contribution in [1.29, 1.82) is 0 Å². The first-order chi connectivity index (χ1) is 6.22. The van der Waals surface area contributed by atoms with Gasteiger partial charge in [-0.25, -0.2) is 9.97 Å². The predicted molar refractivity (Wildman–Crippen MR) is 48.9 cm³/mol. The van der Waals surface area contributed by atoms with Gasteiger partial charge >= 0.3 is 0 Å². The quantitative estimate of drug-likeness (QED) is 0.747. The maximum Gasteiger partial charge on any atom is 0.220 e. The van der Waals surface area contributed by atoms with E-state index in [1.54, 1.807) is 12.3 Å². The molecule has 1 rings (SSSR count). The van der Waals surface area contributed by atoms with Gasteiger partial charge in [0.15, 0.2) is 0 Å². The number of aromatic nitrogens is 2. The van der Waals surface area contributed by atoms with Crippen molar-refractivity contribution in [2.75, 3.05) is 0 Å². The van der Waals surface area contributed by atoms with Crippen LogP contribution in [-0.2, 0) is 11.3 Å². The summed E-state index contributed by atoms with van der Waals surface area (Å²) in [6, 6.07) is 1.79. The molecule has 4 nitrogen and oxygen atoms in total. The zero-order chi connectivity index (χ0) is 9.68. The van der Waals surface area contributed by atoms with Crippen LogP contribution in [0, 0.1) is 6.92 Å². The monoisotopic (exact) mass is 179 g/mol. The Hall–Kier alpha value is -1.45. The molecular formula is C9H13N3O. The van der Waals surface area contributed by atoms with Crippen LogP contribution in [0.15, 0.2) is 12.3 Å². The zero-order valence-corrected chi connectivity index (χ0v) is 7.87. The molecule has 13 heavy (non-hydrogen) atoms. The van der Waals surface area contributed by atoms with Crippen molar-refractivity contribution >= 4 is 5.91 Å². The number of rotatable bonds is 3. The fraction of sp³-hybridized carbons (Fsp3) is 0.444. The molecule has 0 fully saturated rings. The van der Waals surface area contributed by atoms with Gasteiger partial charge in [0.1, 0.15) is 5.82 Å². The number of carbonyl (C=O) groups is 1. The number of nitrogens with zero attached hydrogens (tertiary/aromatic N) is 2. The van der Waals surface area contributed by atoms with Gasteiger partial charge in [0.2, 0.25) is 5.91 Å². The van der Waals surface area contributed by atoms with E-state index in [9.17, 15) is 4.79 Å². The molecule has 1 heterocycles. The third kappa shape index (κ3) is 3.19. The molecule has 0 unspecified atom stereocenters. The maximum absolute atomic E-state index is 10.9. The van der Waals surface area contributed by atoms with E-state index in [1.807, 2.05) is 13.8 Å². The molecule has 1 aromatic rings. The summed E-state index contributed by atoms with van der Waals surface area (Å²) in [5.41, 5.74) is 0.842. The normalized spacial score (nSPS) is 9.69. The first kappa shape index (κ1) is 9.64. The minimum absolute atomic E-state index is 0.0382. The summed E-state index contributed by atoms with van der Waals surface area (Å²) in [7, 11) is 0. The lowest BCUT2D eigenvalue weighted by atomic mass is 10.3. The Morgan fingerprint density at radius 1 is 1.62 bits per heavy atom. The Morgan fingerprint density at radius 3 is 3.00 bits per heavy atom. The standard InChI is InChI=1S/C9H13N3O/c1-3-9(13)11-6-8-4-5-10-7(2)12-8/h4-5H,3,6H2,1-2H3,(H,11,13). The van der Waals surface area contributed by atoms with Gasteiger partial charge in [0, 0.05) is 12.6 Å². The summed E-state index contributed by atoms with van der Waals surface area (Å²) in [5.74, 6) is 0.763. The third-order valence-corrected chi connectivity index (χ3v) is 1.62. The summed E-state index contributed by atoms with van der Waals surface area (Å²) in [4.78, 5) is 19.0. The maximum atomic E-state index is 10.9. The van der Waals surface area contributed by atoms with Crippen LogP contribution in [0.3, 0.4) is 0 Å². The Bertz CT molecular complexity index is 299. The summed E-state index contributed by atoms with van der Waals surface area (Å²) >= 11 is 0. The lowest BCUT2D eigenvalue weighted by molar-refractivity contribution is -0.120. The smallest absolute Gasteiger partial charge is 0.220 e. The molecular weight excluding hydrogens is 166 g/mol. The highest BCUT2D eigenvalue weighted by Crippen LogP contribution is 1.93. The van der Waals surface area contributed by atoms with Gasteiger partial charge in [0.25, 0.3) is 0 Å². The number of amides is 1. The van der Waals surface area contributed by atoms with E-state index in [4.69, 9.17) is 0 Å². The summed E-state index contributed by atoms with van der Waals surface area (Å²) in [6.45, 7) is 4.13. The van der Waals surface area contributed by atoms with E-state index in [2.05, 4.69) is 15.3 Å². The molecule has 0 saturated carbocycles. The van der Waals surface area contributed by atoms with Gasteiger partial charge in [-0.15, -0.1) is 0 Å². The fourth-order valence-electron chi connectivity index (χ4n) is 0.918. The van der Waals surface area contributed by atoms with Crippen LogP contribution in [-0.4, -0.2) is 15.9 Å². The van der Waals surface area contributed by atoms with Crippen molar-refractivity contribution in [2.24, 2.45) is 0 Å². The molecule has 0 spiro atoms. The highest BCUT2D eigenvalue weighted by Gasteiger charge is 1.98. The second kappa shape index (κ2) is 4.54. The summed E-state index contributed by atoms with van der Waals surface area (Å²) in [5, 5.41) is 2.75. The largest absolute Gasteiger partial charge is 0.350 e. The van der Waals surface area contributed by atoms with Gasteiger partial charge in [-0.2, -0.15) is 0 Å². The molecule has 70 valence electrons. The van der Waals surface area contributed by atoms with Crippen LogP contribution in [0.4, 0.5) is 0 Å². The average Bonchev–Trinajstić information content (AvgIpc) is 2.14. The van der Waals surface area contributed by atoms with E-state index in [1.165, 1.54) is 0 Å². The third-order valence-electron chi connectivity index (χ3n) is 1.62. The minimum atomic E-state index is 0.0382. The van der Waals surface area contributed by atoms with Crippen LogP contribution in [0.2, 0.25) is 0 Å². The van der Waals surface area contributed by atoms with Crippen molar-refractivity contribution in [3.8, 4) is 0 Å². The van der Waals surface area contributed by atoms with Crippen molar-refractivity contribution < 1.29 is 4.79 Å². The fourth-order valence-corrected chi connectivity index (χ4v) is 0.918. The van der Waals surface area contributed by atoms with Crippen molar-refractivity contribution in [3.05, 3.63) is 23.8 Å². The molecule has 0 aromatic carbocycles. The molecule has 0 aliphatic heterocycles. The molecule has 0 atom stereocenters. The van der Waals surface area contributed by atoms with E-state index in [-0.39, 0.29) is 5.91 Å². The molecule has 1 aromatic heterocycles. The van der Waals surface area contributed by atoms with Gasteiger partial charge in [-0.3, -0.25) is 4.79 Å². The molecule has 0 saturated heterocycles. The summed E-state index contributed by atoms with van der Waals surface area (Å²) < 4.78 is 0. The van der Waals surface area contributed by atoms with Crippen molar-refractivity contribution in [3.63, 3.8) is 0 Å². The molecule has 1 N–H and O–H groups in total. The molecule has 0 bridgehead atoms. The number of hydrogen-bond acceptors (Lipinski definition) is 3. The van der Waals surface area contributed by atoms with Crippen LogP contribution in [0.25, 0.3) is 0 Å². The minimum Gasteiger partial charge on any atom is -0.350 e. The van der Waals surface area contributed by atoms with Crippen LogP contribution in [0.5, 0.6) is 0 Å². The number of carbonyl (C=O) groups excluding carboxylic acids is 1. The second-order valence-electron chi connectivity index (χ2n) is 2.73. The van der Waals surface area contributed by atoms with Crippen LogP contribution < -0.4 is 5.32 Å². The molecule has 0 radical (unpaired) electrons. The average molecular weight is 179 g/mol. The van der Waals surface area contributed by atoms with E-state index in [0.717, 1.165) is 11.5 Å².